The fraction of sp³-hybridized carbons (Fsp3) is 0.562. The number of ether oxygens (including phenoxy) is 1. The third-order valence-electron chi connectivity index (χ3n) is 3.50. The topological polar surface area (TPSA) is 58.6 Å². The molecule has 2 N–H and O–H groups in total. The second-order valence-corrected chi connectivity index (χ2v) is 5.80. The smallest absolute Gasteiger partial charge is 0.303 e. The van der Waals surface area contributed by atoms with Gasteiger partial charge in [0.2, 0.25) is 0 Å². The first-order chi connectivity index (χ1) is 9.44. The van der Waals surface area contributed by atoms with E-state index in [-0.39, 0.29) is 11.8 Å². The van der Waals surface area contributed by atoms with Gasteiger partial charge in [-0.05, 0) is 30.9 Å². The highest BCUT2D eigenvalue weighted by molar-refractivity contribution is 5.66. The Hall–Kier alpha value is -1.55. The third kappa shape index (κ3) is 6.06. The standard InChI is InChI=1S/C16H25NO3/c1-16(2,9-8-15(18)19)10-11-17-12-13-6-4-5-7-14(13)20-3/h4-7,17H,8-12H2,1-3H3,(H,18,19). The first-order valence-electron chi connectivity index (χ1n) is 6.99. The van der Waals surface area contributed by atoms with Gasteiger partial charge in [0, 0.05) is 18.5 Å². The van der Waals surface area contributed by atoms with Crippen LogP contribution in [0.3, 0.4) is 0 Å². The van der Waals surface area contributed by atoms with Crippen molar-refractivity contribution in [1.82, 2.24) is 5.32 Å². The molecule has 0 amide bonds. The van der Waals surface area contributed by atoms with Crippen molar-refractivity contribution in [2.45, 2.75) is 39.7 Å². The molecule has 0 spiro atoms. The lowest BCUT2D eigenvalue weighted by Crippen LogP contribution is -2.23. The highest BCUT2D eigenvalue weighted by Gasteiger charge is 2.18. The number of carboxylic acids is 1. The zero-order chi connectivity index (χ0) is 15.0. The van der Waals surface area contributed by atoms with E-state index in [0.717, 1.165) is 30.8 Å². The van der Waals surface area contributed by atoms with Crippen LogP contribution in [-0.4, -0.2) is 24.7 Å². The van der Waals surface area contributed by atoms with Crippen LogP contribution in [0.1, 0.15) is 38.7 Å². The molecule has 0 atom stereocenters. The predicted octanol–water partition coefficient (Wildman–Crippen LogP) is 3.07. The summed E-state index contributed by atoms with van der Waals surface area (Å²) in [4.78, 5) is 10.6. The average Bonchev–Trinajstić information content (AvgIpc) is 2.42. The Labute approximate surface area is 121 Å². The molecule has 0 saturated heterocycles. The van der Waals surface area contributed by atoms with Gasteiger partial charge < -0.3 is 15.2 Å². The molecular weight excluding hydrogens is 254 g/mol. The summed E-state index contributed by atoms with van der Waals surface area (Å²) >= 11 is 0. The van der Waals surface area contributed by atoms with Crippen LogP contribution in [-0.2, 0) is 11.3 Å². The average molecular weight is 279 g/mol. The Balaban J connectivity index is 2.32. The number of nitrogens with one attached hydrogen (secondary N) is 1. The van der Waals surface area contributed by atoms with Gasteiger partial charge in [0.1, 0.15) is 5.75 Å². The van der Waals surface area contributed by atoms with Crippen LogP contribution in [0, 0.1) is 5.41 Å². The molecule has 4 heteroatoms. The number of hydrogen-bond acceptors (Lipinski definition) is 3. The first kappa shape index (κ1) is 16.5. The quantitative estimate of drug-likeness (QED) is 0.682. The van der Waals surface area contributed by atoms with E-state index in [1.165, 1.54) is 0 Å². The van der Waals surface area contributed by atoms with E-state index in [2.05, 4.69) is 19.2 Å². The zero-order valence-electron chi connectivity index (χ0n) is 12.6. The van der Waals surface area contributed by atoms with Gasteiger partial charge in [0.05, 0.1) is 7.11 Å². The second-order valence-electron chi connectivity index (χ2n) is 5.80. The minimum absolute atomic E-state index is 0.0478. The molecule has 0 aliphatic rings. The van der Waals surface area contributed by atoms with Gasteiger partial charge in [-0.3, -0.25) is 4.79 Å². The number of carbonyl (C=O) groups is 1. The number of rotatable bonds is 9. The molecule has 0 aromatic heterocycles. The van der Waals surface area contributed by atoms with Crippen molar-refractivity contribution in [3.05, 3.63) is 29.8 Å². The van der Waals surface area contributed by atoms with Crippen molar-refractivity contribution in [1.29, 1.82) is 0 Å². The van der Waals surface area contributed by atoms with Crippen LogP contribution < -0.4 is 10.1 Å². The lowest BCUT2D eigenvalue weighted by atomic mass is 9.84. The molecule has 1 aromatic rings. The molecule has 0 unspecified atom stereocenters. The minimum atomic E-state index is -0.722. The summed E-state index contributed by atoms with van der Waals surface area (Å²) in [7, 11) is 1.67. The highest BCUT2D eigenvalue weighted by Crippen LogP contribution is 2.26. The van der Waals surface area contributed by atoms with Crippen molar-refractivity contribution in [2.24, 2.45) is 5.41 Å². The van der Waals surface area contributed by atoms with Crippen molar-refractivity contribution >= 4 is 5.97 Å². The molecule has 20 heavy (non-hydrogen) atoms. The van der Waals surface area contributed by atoms with E-state index in [4.69, 9.17) is 9.84 Å². The Morgan fingerprint density at radius 1 is 1.30 bits per heavy atom. The molecule has 1 aromatic carbocycles. The Morgan fingerprint density at radius 3 is 2.65 bits per heavy atom. The summed E-state index contributed by atoms with van der Waals surface area (Å²) in [5.41, 5.74) is 1.19. The van der Waals surface area contributed by atoms with Gasteiger partial charge in [0.25, 0.3) is 0 Å². The van der Waals surface area contributed by atoms with Crippen LogP contribution in [0.5, 0.6) is 5.75 Å². The summed E-state index contributed by atoms with van der Waals surface area (Å²) in [6.45, 7) is 5.85. The highest BCUT2D eigenvalue weighted by atomic mass is 16.5. The van der Waals surface area contributed by atoms with Crippen molar-refractivity contribution in [3.63, 3.8) is 0 Å². The normalized spacial score (nSPS) is 11.3. The summed E-state index contributed by atoms with van der Waals surface area (Å²) in [5.74, 6) is 0.171. The molecule has 0 heterocycles. The molecule has 0 saturated carbocycles. The number of aliphatic carboxylic acids is 1. The predicted molar refractivity (Wildman–Crippen MR) is 80.0 cm³/mol. The molecule has 112 valence electrons. The Bertz CT molecular complexity index is 429. The maximum absolute atomic E-state index is 10.6. The molecular formula is C16H25NO3. The van der Waals surface area contributed by atoms with Gasteiger partial charge in [-0.15, -0.1) is 0 Å². The number of benzene rings is 1. The minimum Gasteiger partial charge on any atom is -0.496 e. The fourth-order valence-corrected chi connectivity index (χ4v) is 2.07. The molecule has 4 nitrogen and oxygen atoms in total. The molecule has 0 radical (unpaired) electrons. The maximum Gasteiger partial charge on any atom is 0.303 e. The largest absolute Gasteiger partial charge is 0.496 e. The Kier molecular flexibility index (Phi) is 6.52. The van der Waals surface area contributed by atoms with Gasteiger partial charge in [0.15, 0.2) is 0 Å². The fourth-order valence-electron chi connectivity index (χ4n) is 2.07. The monoisotopic (exact) mass is 279 g/mol. The lowest BCUT2D eigenvalue weighted by molar-refractivity contribution is -0.137. The van der Waals surface area contributed by atoms with Gasteiger partial charge >= 0.3 is 5.97 Å². The number of carboxylic acid groups (broad SMARTS) is 1. The van der Waals surface area contributed by atoms with Gasteiger partial charge in [-0.25, -0.2) is 0 Å². The maximum atomic E-state index is 10.6. The summed E-state index contributed by atoms with van der Waals surface area (Å²) in [6, 6.07) is 7.95. The van der Waals surface area contributed by atoms with E-state index in [9.17, 15) is 4.79 Å². The van der Waals surface area contributed by atoms with Gasteiger partial charge in [-0.2, -0.15) is 0 Å². The number of para-hydroxylation sites is 1. The van der Waals surface area contributed by atoms with E-state index in [0.29, 0.717) is 6.42 Å². The second kappa shape index (κ2) is 7.90. The number of hydrogen-bond donors (Lipinski definition) is 2. The molecule has 1 rings (SSSR count). The molecule has 0 fully saturated rings. The van der Waals surface area contributed by atoms with E-state index < -0.39 is 5.97 Å². The van der Waals surface area contributed by atoms with E-state index in [1.54, 1.807) is 7.11 Å². The molecule has 0 aliphatic carbocycles. The van der Waals surface area contributed by atoms with Crippen LogP contribution in [0.2, 0.25) is 0 Å². The first-order valence-corrected chi connectivity index (χ1v) is 6.99. The van der Waals surface area contributed by atoms with E-state index in [1.807, 2.05) is 24.3 Å². The van der Waals surface area contributed by atoms with Crippen LogP contribution >= 0.6 is 0 Å². The van der Waals surface area contributed by atoms with Crippen LogP contribution in [0.15, 0.2) is 24.3 Å². The van der Waals surface area contributed by atoms with E-state index >= 15 is 0 Å². The molecule has 0 aliphatic heterocycles. The SMILES string of the molecule is COc1ccccc1CNCCC(C)(C)CCC(=O)O. The third-order valence-corrected chi connectivity index (χ3v) is 3.50. The van der Waals surface area contributed by atoms with Crippen molar-refractivity contribution in [2.75, 3.05) is 13.7 Å². The lowest BCUT2D eigenvalue weighted by Gasteiger charge is -2.24. The Morgan fingerprint density at radius 2 is 2.00 bits per heavy atom. The summed E-state index contributed by atoms with van der Waals surface area (Å²) in [6.07, 6.45) is 1.90. The molecule has 0 bridgehead atoms. The van der Waals surface area contributed by atoms with Crippen LogP contribution in [0.4, 0.5) is 0 Å². The van der Waals surface area contributed by atoms with Crippen molar-refractivity contribution < 1.29 is 14.6 Å². The summed E-state index contributed by atoms with van der Waals surface area (Å²) in [5, 5.41) is 12.1. The van der Waals surface area contributed by atoms with Gasteiger partial charge in [-0.1, -0.05) is 32.0 Å². The summed E-state index contributed by atoms with van der Waals surface area (Å²) < 4.78 is 5.30. The number of methoxy groups -OCH3 is 1. The van der Waals surface area contributed by atoms with Crippen LogP contribution in [0.25, 0.3) is 0 Å². The van der Waals surface area contributed by atoms with Crippen molar-refractivity contribution in [3.8, 4) is 5.75 Å². The zero-order valence-corrected chi connectivity index (χ0v) is 12.6.